The fourth-order valence-corrected chi connectivity index (χ4v) is 1.86. The molecule has 3 N–H and O–H groups in total. The predicted molar refractivity (Wildman–Crippen MR) is 75.3 cm³/mol. The standard InChI is InChI=1S/C12H17ClN2S/c1-7(2)8(3)15-10-6-4-5-9(13)11(10)12(14)16/h4-8,15H,1-3H3,(H2,14,16). The molecule has 1 aromatic carbocycles. The Bertz CT molecular complexity index is 391. The molecule has 0 saturated carbocycles. The fraction of sp³-hybridized carbons (Fsp3) is 0.417. The molecule has 0 spiro atoms. The van der Waals surface area contributed by atoms with Crippen LogP contribution in [0.3, 0.4) is 0 Å². The molecule has 0 aliphatic heterocycles. The molecule has 2 nitrogen and oxygen atoms in total. The predicted octanol–water partition coefficient (Wildman–Crippen LogP) is 3.43. The first kappa shape index (κ1) is 13.3. The van der Waals surface area contributed by atoms with Gasteiger partial charge in [-0.3, -0.25) is 0 Å². The summed E-state index contributed by atoms with van der Waals surface area (Å²) in [6.07, 6.45) is 0. The van der Waals surface area contributed by atoms with E-state index in [2.05, 4.69) is 26.1 Å². The van der Waals surface area contributed by atoms with Crippen molar-refractivity contribution in [3.05, 3.63) is 28.8 Å². The summed E-state index contributed by atoms with van der Waals surface area (Å²) in [5.74, 6) is 0.526. The Morgan fingerprint density at radius 2 is 2.00 bits per heavy atom. The van der Waals surface area contributed by atoms with Crippen LogP contribution in [0.2, 0.25) is 5.02 Å². The minimum atomic E-state index is 0.323. The molecule has 4 heteroatoms. The van der Waals surface area contributed by atoms with Gasteiger partial charge in [0.15, 0.2) is 0 Å². The second-order valence-electron chi connectivity index (χ2n) is 4.20. The third kappa shape index (κ3) is 3.09. The Morgan fingerprint density at radius 1 is 1.38 bits per heavy atom. The van der Waals surface area contributed by atoms with Crippen molar-refractivity contribution in [3.8, 4) is 0 Å². The van der Waals surface area contributed by atoms with Crippen LogP contribution in [0.5, 0.6) is 0 Å². The molecular weight excluding hydrogens is 240 g/mol. The van der Waals surface area contributed by atoms with Gasteiger partial charge < -0.3 is 11.1 Å². The summed E-state index contributed by atoms with van der Waals surface area (Å²) < 4.78 is 0. The van der Waals surface area contributed by atoms with E-state index in [-0.39, 0.29) is 0 Å². The average molecular weight is 257 g/mol. The Morgan fingerprint density at radius 3 is 2.50 bits per heavy atom. The first-order valence-electron chi connectivity index (χ1n) is 5.28. The Balaban J connectivity index is 3.04. The molecule has 0 aliphatic rings. The van der Waals surface area contributed by atoms with E-state index >= 15 is 0 Å². The quantitative estimate of drug-likeness (QED) is 0.811. The monoisotopic (exact) mass is 256 g/mol. The molecule has 0 radical (unpaired) electrons. The zero-order valence-corrected chi connectivity index (χ0v) is 11.3. The van der Waals surface area contributed by atoms with Crippen molar-refractivity contribution < 1.29 is 0 Å². The van der Waals surface area contributed by atoms with Gasteiger partial charge in [-0.2, -0.15) is 0 Å². The van der Waals surface area contributed by atoms with E-state index in [0.29, 0.717) is 22.0 Å². The van der Waals surface area contributed by atoms with E-state index in [1.54, 1.807) is 6.07 Å². The highest BCUT2D eigenvalue weighted by Crippen LogP contribution is 2.25. The highest BCUT2D eigenvalue weighted by atomic mass is 35.5. The van der Waals surface area contributed by atoms with Crippen molar-refractivity contribution in [2.45, 2.75) is 26.8 Å². The van der Waals surface area contributed by atoms with Gasteiger partial charge in [0.2, 0.25) is 0 Å². The van der Waals surface area contributed by atoms with Crippen LogP contribution >= 0.6 is 23.8 Å². The molecule has 1 aromatic rings. The van der Waals surface area contributed by atoms with E-state index in [0.717, 1.165) is 11.3 Å². The van der Waals surface area contributed by atoms with E-state index in [9.17, 15) is 0 Å². The van der Waals surface area contributed by atoms with E-state index in [4.69, 9.17) is 29.6 Å². The minimum absolute atomic E-state index is 0.323. The number of hydrogen-bond donors (Lipinski definition) is 2. The Hall–Kier alpha value is -0.800. The summed E-state index contributed by atoms with van der Waals surface area (Å²) in [6.45, 7) is 6.43. The molecule has 0 aromatic heterocycles. The molecule has 16 heavy (non-hydrogen) atoms. The van der Waals surface area contributed by atoms with Gasteiger partial charge in [0, 0.05) is 11.7 Å². The van der Waals surface area contributed by atoms with Gasteiger partial charge in [-0.1, -0.05) is 43.7 Å². The van der Waals surface area contributed by atoms with Crippen LogP contribution in [-0.4, -0.2) is 11.0 Å². The Labute approximate surface area is 107 Å². The molecule has 88 valence electrons. The molecule has 0 bridgehead atoms. The summed E-state index contributed by atoms with van der Waals surface area (Å²) in [5.41, 5.74) is 7.31. The summed E-state index contributed by atoms with van der Waals surface area (Å²) >= 11 is 11.1. The van der Waals surface area contributed by atoms with Gasteiger partial charge in [-0.25, -0.2) is 0 Å². The zero-order chi connectivity index (χ0) is 12.3. The lowest BCUT2D eigenvalue weighted by atomic mass is 10.1. The van der Waals surface area contributed by atoms with Gasteiger partial charge in [0.25, 0.3) is 0 Å². The van der Waals surface area contributed by atoms with Crippen molar-refractivity contribution in [2.75, 3.05) is 5.32 Å². The summed E-state index contributed by atoms with van der Waals surface area (Å²) in [6, 6.07) is 5.96. The summed E-state index contributed by atoms with van der Waals surface area (Å²) in [7, 11) is 0. The number of nitrogens with one attached hydrogen (secondary N) is 1. The maximum Gasteiger partial charge on any atom is 0.107 e. The van der Waals surface area contributed by atoms with Crippen LogP contribution in [0.15, 0.2) is 18.2 Å². The second kappa shape index (κ2) is 5.51. The van der Waals surface area contributed by atoms with Crippen molar-refractivity contribution in [1.29, 1.82) is 0 Å². The van der Waals surface area contributed by atoms with Crippen molar-refractivity contribution in [1.82, 2.24) is 0 Å². The molecular formula is C12H17ClN2S. The molecule has 1 rings (SSSR count). The van der Waals surface area contributed by atoms with Crippen LogP contribution in [-0.2, 0) is 0 Å². The number of benzene rings is 1. The first-order chi connectivity index (χ1) is 7.43. The SMILES string of the molecule is CC(C)C(C)Nc1cccc(Cl)c1C(N)=S. The van der Waals surface area contributed by atoms with Crippen molar-refractivity contribution in [3.63, 3.8) is 0 Å². The number of thiocarbonyl (C=S) groups is 1. The van der Waals surface area contributed by atoms with Gasteiger partial charge >= 0.3 is 0 Å². The molecule has 0 fully saturated rings. The van der Waals surface area contributed by atoms with Crippen LogP contribution in [0.4, 0.5) is 5.69 Å². The van der Waals surface area contributed by atoms with Gasteiger partial charge in [0.1, 0.15) is 4.99 Å². The lowest BCUT2D eigenvalue weighted by Crippen LogP contribution is -2.24. The number of hydrogen-bond acceptors (Lipinski definition) is 2. The van der Waals surface area contributed by atoms with E-state index in [1.165, 1.54) is 0 Å². The summed E-state index contributed by atoms with van der Waals surface area (Å²) in [5, 5.41) is 3.97. The third-order valence-electron chi connectivity index (χ3n) is 2.64. The van der Waals surface area contributed by atoms with Crippen LogP contribution < -0.4 is 11.1 Å². The smallest absolute Gasteiger partial charge is 0.107 e. The molecule has 0 saturated heterocycles. The third-order valence-corrected chi connectivity index (χ3v) is 3.16. The zero-order valence-electron chi connectivity index (χ0n) is 9.75. The fourth-order valence-electron chi connectivity index (χ4n) is 1.31. The van der Waals surface area contributed by atoms with Gasteiger partial charge in [-0.15, -0.1) is 0 Å². The van der Waals surface area contributed by atoms with Crippen molar-refractivity contribution in [2.24, 2.45) is 11.7 Å². The summed E-state index contributed by atoms with van der Waals surface area (Å²) in [4.78, 5) is 0.323. The van der Waals surface area contributed by atoms with E-state index < -0.39 is 0 Å². The lowest BCUT2D eigenvalue weighted by molar-refractivity contribution is 0.560. The molecule has 1 unspecified atom stereocenters. The lowest BCUT2D eigenvalue weighted by Gasteiger charge is -2.21. The van der Waals surface area contributed by atoms with Gasteiger partial charge in [-0.05, 0) is 25.0 Å². The highest BCUT2D eigenvalue weighted by Gasteiger charge is 2.13. The number of nitrogens with two attached hydrogens (primary N) is 1. The largest absolute Gasteiger partial charge is 0.389 e. The molecule has 0 aliphatic carbocycles. The van der Waals surface area contributed by atoms with Crippen LogP contribution in [0.25, 0.3) is 0 Å². The first-order valence-corrected chi connectivity index (χ1v) is 6.07. The normalized spacial score (nSPS) is 12.6. The topological polar surface area (TPSA) is 38.0 Å². The number of anilines is 1. The van der Waals surface area contributed by atoms with E-state index in [1.807, 2.05) is 12.1 Å². The second-order valence-corrected chi connectivity index (χ2v) is 5.05. The minimum Gasteiger partial charge on any atom is -0.389 e. The average Bonchev–Trinajstić information content (AvgIpc) is 2.16. The highest BCUT2D eigenvalue weighted by molar-refractivity contribution is 7.80. The molecule has 1 atom stereocenters. The maximum atomic E-state index is 6.08. The van der Waals surface area contributed by atoms with Crippen LogP contribution in [0.1, 0.15) is 26.3 Å². The van der Waals surface area contributed by atoms with Gasteiger partial charge in [0.05, 0.1) is 10.6 Å². The van der Waals surface area contributed by atoms with Crippen LogP contribution in [0, 0.1) is 5.92 Å². The number of rotatable bonds is 4. The van der Waals surface area contributed by atoms with Crippen molar-refractivity contribution >= 4 is 34.5 Å². The Kier molecular flexibility index (Phi) is 4.56. The molecule has 0 heterocycles. The maximum absolute atomic E-state index is 6.08. The number of halogens is 1. The molecule has 0 amide bonds.